The molecular weight excluding hydrogens is 470 g/mol. The molecule has 0 saturated carbocycles. The molecule has 4 rings (SSSR count). The monoisotopic (exact) mass is 499 g/mol. The number of thiophene rings is 2. The first-order valence-electron chi connectivity index (χ1n) is 11.4. The van der Waals surface area contributed by atoms with Gasteiger partial charge in [-0.05, 0) is 49.1 Å². The fourth-order valence-corrected chi connectivity index (χ4v) is 7.10. The second-order valence-electron chi connectivity index (χ2n) is 8.85. The first kappa shape index (κ1) is 24.0. The Morgan fingerprint density at radius 3 is 2.94 bits per heavy atom. The van der Waals surface area contributed by atoms with Gasteiger partial charge in [0, 0.05) is 27.2 Å². The summed E-state index contributed by atoms with van der Waals surface area (Å²) >= 11 is 4.70. The van der Waals surface area contributed by atoms with Crippen LogP contribution in [0.15, 0.2) is 16.6 Å². The average Bonchev–Trinajstić information content (AvgIpc) is 3.49. The van der Waals surface area contributed by atoms with E-state index in [0.29, 0.717) is 22.4 Å². The fourth-order valence-electron chi connectivity index (χ4n) is 4.06. The van der Waals surface area contributed by atoms with Crippen LogP contribution in [0.1, 0.15) is 67.3 Å². The molecule has 0 aromatic carbocycles. The van der Waals surface area contributed by atoms with E-state index in [9.17, 15) is 10.1 Å². The summed E-state index contributed by atoms with van der Waals surface area (Å²) in [7, 11) is 0. The van der Waals surface area contributed by atoms with E-state index < -0.39 is 0 Å². The minimum absolute atomic E-state index is 0.117. The van der Waals surface area contributed by atoms with E-state index in [2.05, 4.69) is 65.3 Å². The Bertz CT molecular complexity index is 1180. The average molecular weight is 500 g/mol. The third kappa shape index (κ3) is 5.18. The summed E-state index contributed by atoms with van der Waals surface area (Å²) in [5.41, 5.74) is 2.86. The van der Waals surface area contributed by atoms with Crippen LogP contribution < -0.4 is 5.32 Å². The molecule has 0 spiro atoms. The number of rotatable bonds is 8. The molecule has 6 nitrogen and oxygen atoms in total. The second kappa shape index (κ2) is 10.4. The molecule has 3 aromatic rings. The van der Waals surface area contributed by atoms with E-state index in [4.69, 9.17) is 0 Å². The van der Waals surface area contributed by atoms with Crippen molar-refractivity contribution in [1.82, 2.24) is 14.8 Å². The molecule has 9 heteroatoms. The van der Waals surface area contributed by atoms with Crippen molar-refractivity contribution < 1.29 is 4.79 Å². The van der Waals surface area contributed by atoms with E-state index in [1.165, 1.54) is 21.5 Å². The van der Waals surface area contributed by atoms with Crippen molar-refractivity contribution in [2.45, 2.75) is 71.0 Å². The van der Waals surface area contributed by atoms with E-state index in [1.807, 2.05) is 0 Å². The van der Waals surface area contributed by atoms with Gasteiger partial charge < -0.3 is 9.88 Å². The number of anilines is 1. The van der Waals surface area contributed by atoms with Gasteiger partial charge in [-0.3, -0.25) is 4.79 Å². The number of hydrogen-bond acceptors (Lipinski definition) is 7. The van der Waals surface area contributed by atoms with Crippen LogP contribution in [0.3, 0.4) is 0 Å². The Balaban J connectivity index is 1.47. The van der Waals surface area contributed by atoms with Gasteiger partial charge in [0.1, 0.15) is 11.1 Å². The number of nitrogens with zero attached hydrogens (tertiary/aromatic N) is 4. The maximum atomic E-state index is 12.8. The van der Waals surface area contributed by atoms with Crippen LogP contribution in [0, 0.1) is 17.2 Å². The van der Waals surface area contributed by atoms with Crippen LogP contribution in [0.2, 0.25) is 0 Å². The Kier molecular flexibility index (Phi) is 7.57. The third-order valence-electron chi connectivity index (χ3n) is 5.82. The highest BCUT2D eigenvalue weighted by Crippen LogP contribution is 2.39. The van der Waals surface area contributed by atoms with Crippen molar-refractivity contribution in [2.24, 2.45) is 5.92 Å². The molecule has 0 radical (unpaired) electrons. The molecule has 0 aliphatic heterocycles. The summed E-state index contributed by atoms with van der Waals surface area (Å²) < 4.78 is 2.11. The lowest BCUT2D eigenvalue weighted by Crippen LogP contribution is -2.15. The SMILES string of the molecule is CCCn1c(SCC(=O)Nc2sc3c(c2C#N)CCC(C)C3)nnc1-c1csc(C(C)C)c1. The predicted molar refractivity (Wildman–Crippen MR) is 137 cm³/mol. The van der Waals surface area contributed by atoms with Crippen molar-refractivity contribution in [2.75, 3.05) is 11.1 Å². The van der Waals surface area contributed by atoms with Gasteiger partial charge in [0.15, 0.2) is 11.0 Å². The first-order valence-corrected chi connectivity index (χ1v) is 14.1. The predicted octanol–water partition coefficient (Wildman–Crippen LogP) is 6.33. The lowest BCUT2D eigenvalue weighted by Gasteiger charge is -2.17. The third-order valence-corrected chi connectivity index (χ3v) is 9.19. The van der Waals surface area contributed by atoms with E-state index in [0.717, 1.165) is 54.3 Å². The minimum atomic E-state index is -0.117. The molecule has 1 amide bonds. The van der Waals surface area contributed by atoms with Gasteiger partial charge >= 0.3 is 0 Å². The highest BCUT2D eigenvalue weighted by Gasteiger charge is 2.25. The number of nitriles is 1. The van der Waals surface area contributed by atoms with E-state index in [-0.39, 0.29) is 11.7 Å². The van der Waals surface area contributed by atoms with Gasteiger partial charge in [-0.25, -0.2) is 0 Å². The maximum Gasteiger partial charge on any atom is 0.235 e. The summed E-state index contributed by atoms with van der Waals surface area (Å²) in [6.45, 7) is 9.54. The lowest BCUT2D eigenvalue weighted by molar-refractivity contribution is -0.113. The van der Waals surface area contributed by atoms with Gasteiger partial charge in [0.2, 0.25) is 5.91 Å². The highest BCUT2D eigenvalue weighted by atomic mass is 32.2. The smallest absolute Gasteiger partial charge is 0.235 e. The number of amides is 1. The van der Waals surface area contributed by atoms with Gasteiger partial charge in [-0.2, -0.15) is 5.26 Å². The fraction of sp³-hybridized carbons (Fsp3) is 0.500. The van der Waals surface area contributed by atoms with Crippen molar-refractivity contribution in [1.29, 1.82) is 5.26 Å². The van der Waals surface area contributed by atoms with Crippen LogP contribution in [-0.2, 0) is 24.2 Å². The molecular formula is C24H29N5OS3. The van der Waals surface area contributed by atoms with Gasteiger partial charge in [-0.1, -0.05) is 39.5 Å². The normalized spacial score (nSPS) is 15.5. The van der Waals surface area contributed by atoms with Crippen molar-refractivity contribution in [3.05, 3.63) is 32.3 Å². The van der Waals surface area contributed by atoms with Crippen molar-refractivity contribution >= 4 is 45.3 Å². The molecule has 1 aliphatic carbocycles. The van der Waals surface area contributed by atoms with Crippen molar-refractivity contribution in [3.63, 3.8) is 0 Å². The van der Waals surface area contributed by atoms with E-state index in [1.54, 1.807) is 22.7 Å². The number of nitrogens with one attached hydrogen (secondary N) is 1. The van der Waals surface area contributed by atoms with Crippen LogP contribution >= 0.6 is 34.4 Å². The zero-order chi connectivity index (χ0) is 23.5. The largest absolute Gasteiger partial charge is 0.316 e. The molecule has 1 unspecified atom stereocenters. The molecule has 1 atom stereocenters. The Labute approximate surface area is 207 Å². The number of thioether (sulfide) groups is 1. The molecule has 1 aliphatic rings. The van der Waals surface area contributed by atoms with Gasteiger partial charge in [0.25, 0.3) is 0 Å². The summed E-state index contributed by atoms with van der Waals surface area (Å²) in [6.07, 6.45) is 3.96. The summed E-state index contributed by atoms with van der Waals surface area (Å²) in [5.74, 6) is 2.07. The number of aromatic nitrogens is 3. The molecule has 0 saturated heterocycles. The zero-order valence-corrected chi connectivity index (χ0v) is 21.9. The van der Waals surface area contributed by atoms with Crippen LogP contribution in [0.4, 0.5) is 5.00 Å². The molecule has 3 aromatic heterocycles. The highest BCUT2D eigenvalue weighted by molar-refractivity contribution is 7.99. The number of carbonyl (C=O) groups is 1. The van der Waals surface area contributed by atoms with E-state index >= 15 is 0 Å². The van der Waals surface area contributed by atoms with Gasteiger partial charge in [0.05, 0.1) is 11.3 Å². The van der Waals surface area contributed by atoms with Crippen LogP contribution in [-0.4, -0.2) is 26.4 Å². The Hall–Kier alpha value is -2.15. The maximum absolute atomic E-state index is 12.8. The first-order chi connectivity index (χ1) is 15.9. The molecule has 33 heavy (non-hydrogen) atoms. The van der Waals surface area contributed by atoms with Crippen LogP contribution in [0.5, 0.6) is 0 Å². The van der Waals surface area contributed by atoms with Crippen LogP contribution in [0.25, 0.3) is 11.4 Å². The quantitative estimate of drug-likeness (QED) is 0.366. The topological polar surface area (TPSA) is 83.6 Å². The molecule has 0 fully saturated rings. The zero-order valence-electron chi connectivity index (χ0n) is 19.5. The summed E-state index contributed by atoms with van der Waals surface area (Å²) in [4.78, 5) is 15.3. The van der Waals surface area contributed by atoms with Crippen molar-refractivity contribution in [3.8, 4) is 17.5 Å². The minimum Gasteiger partial charge on any atom is -0.316 e. The second-order valence-corrected chi connectivity index (χ2v) is 11.8. The Morgan fingerprint density at radius 1 is 1.42 bits per heavy atom. The number of hydrogen-bond donors (Lipinski definition) is 1. The number of carbonyl (C=O) groups excluding carboxylic acids is 1. The Morgan fingerprint density at radius 2 is 2.24 bits per heavy atom. The summed E-state index contributed by atoms with van der Waals surface area (Å²) in [6, 6.07) is 4.51. The molecule has 1 N–H and O–H groups in total. The standard InChI is InChI=1S/C24H29N5OS3/c1-5-8-29-22(16-10-19(14(2)3)31-12-16)27-28-24(29)32-13-21(30)26-23-18(11-25)17-7-6-15(4)9-20(17)33-23/h10,12,14-15H,5-9,13H2,1-4H3,(H,26,30). The number of fused-ring (bicyclic) bond motifs is 1. The molecule has 3 heterocycles. The molecule has 0 bridgehead atoms. The summed E-state index contributed by atoms with van der Waals surface area (Å²) in [5, 5.41) is 25.1. The van der Waals surface area contributed by atoms with Gasteiger partial charge in [-0.15, -0.1) is 32.9 Å². The lowest BCUT2D eigenvalue weighted by atomic mass is 9.89. The molecule has 174 valence electrons.